The van der Waals surface area contributed by atoms with Gasteiger partial charge in [0.2, 0.25) is 5.91 Å². The first-order chi connectivity index (χ1) is 16.9. The lowest BCUT2D eigenvalue weighted by Crippen LogP contribution is -2.52. The largest absolute Gasteiger partial charge is 0.480 e. The highest BCUT2D eigenvalue weighted by Crippen LogP contribution is 2.44. The van der Waals surface area contributed by atoms with Crippen LogP contribution in [0.15, 0.2) is 48.5 Å². The van der Waals surface area contributed by atoms with Gasteiger partial charge in [0.1, 0.15) is 12.6 Å². The van der Waals surface area contributed by atoms with Crippen LogP contribution in [0.3, 0.4) is 0 Å². The van der Waals surface area contributed by atoms with Gasteiger partial charge in [-0.2, -0.15) is 0 Å². The molecule has 0 saturated heterocycles. The fourth-order valence-corrected chi connectivity index (χ4v) is 5.43. The van der Waals surface area contributed by atoms with Gasteiger partial charge in [-0.3, -0.25) is 4.79 Å². The zero-order valence-electron chi connectivity index (χ0n) is 20.2. The zero-order valence-corrected chi connectivity index (χ0v) is 20.2. The minimum absolute atomic E-state index is 0.0378. The number of alkyl carbamates (subject to hydrolysis) is 1. The molecular formula is C28H34N2O5. The van der Waals surface area contributed by atoms with Gasteiger partial charge in [0.05, 0.1) is 5.41 Å². The molecule has 0 unspecified atom stereocenters. The number of carbonyl (C=O) groups excluding carboxylic acids is 2. The van der Waals surface area contributed by atoms with Crippen LogP contribution < -0.4 is 10.6 Å². The predicted molar refractivity (Wildman–Crippen MR) is 133 cm³/mol. The Bertz CT molecular complexity index is 1030. The Hall–Kier alpha value is -3.35. The van der Waals surface area contributed by atoms with Gasteiger partial charge in [0.15, 0.2) is 0 Å². The van der Waals surface area contributed by atoms with Crippen LogP contribution in [0, 0.1) is 5.41 Å². The number of benzene rings is 2. The number of nitrogens with one attached hydrogen (secondary N) is 2. The van der Waals surface area contributed by atoms with Gasteiger partial charge in [0.25, 0.3) is 0 Å². The first kappa shape index (κ1) is 24.8. The Morgan fingerprint density at radius 2 is 1.54 bits per heavy atom. The van der Waals surface area contributed by atoms with Crippen molar-refractivity contribution in [3.63, 3.8) is 0 Å². The molecule has 1 atom stereocenters. The second kappa shape index (κ2) is 10.9. The number of hydrogen-bond acceptors (Lipinski definition) is 4. The average molecular weight is 479 g/mol. The van der Waals surface area contributed by atoms with Crippen molar-refractivity contribution in [3.8, 4) is 11.1 Å². The standard InChI is InChI=1S/C28H34N2O5/c1-2-24(25(31)32)30-26(33)28(15-9-3-4-10-16-28)18-29-27(34)35-17-23-21-13-7-5-11-19(21)20-12-6-8-14-22(20)23/h5-8,11-14,23-24H,2-4,9-10,15-18H2,1H3,(H,29,34)(H,30,33)(H,31,32)/t24-/m0/s1. The number of hydrogen-bond donors (Lipinski definition) is 3. The normalized spacial score (nSPS) is 17.4. The molecule has 0 aliphatic heterocycles. The molecule has 7 heteroatoms. The quantitative estimate of drug-likeness (QED) is 0.471. The molecule has 0 spiro atoms. The van der Waals surface area contributed by atoms with E-state index in [1.54, 1.807) is 6.92 Å². The minimum atomic E-state index is -1.05. The van der Waals surface area contributed by atoms with E-state index in [2.05, 4.69) is 34.9 Å². The summed E-state index contributed by atoms with van der Waals surface area (Å²) in [6, 6.07) is 15.4. The first-order valence-electron chi connectivity index (χ1n) is 12.6. The fraction of sp³-hybridized carbons (Fsp3) is 0.464. The summed E-state index contributed by atoms with van der Waals surface area (Å²) in [7, 11) is 0. The number of amides is 2. The second-order valence-electron chi connectivity index (χ2n) is 9.65. The first-order valence-corrected chi connectivity index (χ1v) is 12.6. The Morgan fingerprint density at radius 1 is 0.971 bits per heavy atom. The summed E-state index contributed by atoms with van der Waals surface area (Å²) in [6.45, 7) is 2.06. The topological polar surface area (TPSA) is 105 Å². The summed E-state index contributed by atoms with van der Waals surface area (Å²) in [5, 5.41) is 14.9. The summed E-state index contributed by atoms with van der Waals surface area (Å²) in [5.74, 6) is -1.38. The molecule has 186 valence electrons. The van der Waals surface area contributed by atoms with Crippen LogP contribution >= 0.6 is 0 Å². The maximum Gasteiger partial charge on any atom is 0.407 e. The lowest BCUT2D eigenvalue weighted by atomic mass is 9.79. The number of aliphatic carboxylic acids is 1. The van der Waals surface area contributed by atoms with Gasteiger partial charge in [0, 0.05) is 12.5 Å². The van der Waals surface area contributed by atoms with E-state index >= 15 is 0 Å². The Kier molecular flexibility index (Phi) is 7.73. The molecule has 2 aromatic carbocycles. The maximum atomic E-state index is 13.2. The van der Waals surface area contributed by atoms with E-state index in [0.29, 0.717) is 19.3 Å². The van der Waals surface area contributed by atoms with Gasteiger partial charge in [-0.05, 0) is 41.5 Å². The van der Waals surface area contributed by atoms with E-state index in [1.165, 1.54) is 0 Å². The number of carbonyl (C=O) groups is 3. The van der Waals surface area contributed by atoms with E-state index in [1.807, 2.05) is 24.3 Å². The molecule has 4 rings (SSSR count). The summed E-state index contributed by atoms with van der Waals surface area (Å²) in [6.07, 6.45) is 4.74. The van der Waals surface area contributed by atoms with E-state index in [9.17, 15) is 19.5 Å². The van der Waals surface area contributed by atoms with E-state index in [4.69, 9.17) is 4.74 Å². The van der Waals surface area contributed by atoms with Crippen molar-refractivity contribution in [2.75, 3.05) is 13.2 Å². The third kappa shape index (κ3) is 5.34. The molecule has 2 aromatic rings. The van der Waals surface area contributed by atoms with Crippen LogP contribution in [0.2, 0.25) is 0 Å². The van der Waals surface area contributed by atoms with Crippen molar-refractivity contribution in [3.05, 3.63) is 59.7 Å². The van der Waals surface area contributed by atoms with Crippen molar-refractivity contribution in [1.82, 2.24) is 10.6 Å². The van der Waals surface area contributed by atoms with E-state index in [-0.39, 0.29) is 25.0 Å². The Morgan fingerprint density at radius 3 is 2.09 bits per heavy atom. The SMILES string of the molecule is CC[C@H](NC(=O)C1(CNC(=O)OCC2c3ccccc3-c3ccccc32)CCCCCC1)C(=O)O. The minimum Gasteiger partial charge on any atom is -0.480 e. The van der Waals surface area contributed by atoms with E-state index < -0.39 is 23.5 Å². The number of rotatable bonds is 8. The van der Waals surface area contributed by atoms with Gasteiger partial charge in [-0.15, -0.1) is 0 Å². The van der Waals surface area contributed by atoms with Gasteiger partial charge in [-0.25, -0.2) is 9.59 Å². The molecule has 2 amide bonds. The highest BCUT2D eigenvalue weighted by atomic mass is 16.5. The molecule has 0 bridgehead atoms. The summed E-state index contributed by atoms with van der Waals surface area (Å²) in [4.78, 5) is 37.4. The summed E-state index contributed by atoms with van der Waals surface area (Å²) >= 11 is 0. The predicted octanol–water partition coefficient (Wildman–Crippen LogP) is 4.85. The number of carboxylic acids is 1. The zero-order chi connectivity index (χ0) is 24.8. The summed E-state index contributed by atoms with van der Waals surface area (Å²) < 4.78 is 5.65. The van der Waals surface area contributed by atoms with Crippen LogP contribution in [0.5, 0.6) is 0 Å². The molecule has 7 nitrogen and oxygen atoms in total. The molecule has 0 radical (unpaired) electrons. The number of ether oxygens (including phenoxy) is 1. The van der Waals surface area contributed by atoms with Gasteiger partial charge < -0.3 is 20.5 Å². The number of fused-ring (bicyclic) bond motifs is 3. The third-order valence-electron chi connectivity index (χ3n) is 7.47. The van der Waals surface area contributed by atoms with Crippen LogP contribution in [0.25, 0.3) is 11.1 Å². The molecule has 1 fully saturated rings. The van der Waals surface area contributed by atoms with Crippen LogP contribution in [0.4, 0.5) is 4.79 Å². The lowest BCUT2D eigenvalue weighted by Gasteiger charge is -2.32. The molecule has 3 N–H and O–H groups in total. The van der Waals surface area contributed by atoms with E-state index in [0.717, 1.165) is 47.9 Å². The highest BCUT2D eigenvalue weighted by Gasteiger charge is 2.40. The third-order valence-corrected chi connectivity index (χ3v) is 7.47. The monoisotopic (exact) mass is 478 g/mol. The maximum absolute atomic E-state index is 13.2. The molecule has 1 saturated carbocycles. The van der Waals surface area contributed by atoms with Crippen LogP contribution in [-0.2, 0) is 14.3 Å². The Labute approximate surface area is 206 Å². The molecule has 0 aromatic heterocycles. The Balaban J connectivity index is 1.41. The fourth-order valence-electron chi connectivity index (χ4n) is 5.43. The van der Waals surface area contributed by atoms with Crippen molar-refractivity contribution >= 4 is 18.0 Å². The highest BCUT2D eigenvalue weighted by molar-refractivity contribution is 5.88. The van der Waals surface area contributed by atoms with Crippen molar-refractivity contribution < 1.29 is 24.2 Å². The van der Waals surface area contributed by atoms with Crippen LogP contribution in [-0.4, -0.2) is 42.3 Å². The molecular weight excluding hydrogens is 444 g/mol. The van der Waals surface area contributed by atoms with Crippen LogP contribution in [0.1, 0.15) is 68.9 Å². The molecule has 2 aliphatic rings. The molecule has 35 heavy (non-hydrogen) atoms. The summed E-state index contributed by atoms with van der Waals surface area (Å²) in [5.41, 5.74) is 3.77. The van der Waals surface area contributed by atoms with Crippen molar-refractivity contribution in [2.24, 2.45) is 5.41 Å². The molecule has 0 heterocycles. The lowest BCUT2D eigenvalue weighted by molar-refractivity contribution is -0.144. The second-order valence-corrected chi connectivity index (χ2v) is 9.65. The average Bonchev–Trinajstić information content (AvgIpc) is 3.00. The number of carboxylic acid groups (broad SMARTS) is 1. The smallest absolute Gasteiger partial charge is 0.407 e. The molecule has 2 aliphatic carbocycles. The van der Waals surface area contributed by atoms with Gasteiger partial charge in [-0.1, -0.05) is 81.1 Å². The van der Waals surface area contributed by atoms with Crippen molar-refractivity contribution in [1.29, 1.82) is 0 Å². The van der Waals surface area contributed by atoms with Gasteiger partial charge >= 0.3 is 12.1 Å². The van der Waals surface area contributed by atoms with Crippen molar-refractivity contribution in [2.45, 2.75) is 63.8 Å².